The molecule has 0 amide bonds. The van der Waals surface area contributed by atoms with E-state index in [2.05, 4.69) is 19.9 Å². The second-order valence-electron chi connectivity index (χ2n) is 8.86. The lowest BCUT2D eigenvalue weighted by Gasteiger charge is -2.27. The Morgan fingerprint density at radius 1 is 1.15 bits per heavy atom. The number of hydrogen-bond acceptors (Lipinski definition) is 5. The lowest BCUT2D eigenvalue weighted by molar-refractivity contribution is 0.388. The number of pyridine rings is 1. The smallest absolute Gasteiger partial charge is 0.258 e. The van der Waals surface area contributed by atoms with E-state index < -0.39 is 5.92 Å². The van der Waals surface area contributed by atoms with Crippen LogP contribution in [0.3, 0.4) is 0 Å². The third-order valence-corrected chi connectivity index (χ3v) is 6.41. The molecule has 0 bridgehead atoms. The normalized spacial score (nSPS) is 15.0. The molecule has 0 saturated carbocycles. The van der Waals surface area contributed by atoms with Gasteiger partial charge in [-0.1, -0.05) is 50.2 Å². The summed E-state index contributed by atoms with van der Waals surface area (Å²) in [6.45, 7) is 6.64. The molecule has 2 heterocycles. The predicted molar refractivity (Wildman–Crippen MR) is 132 cm³/mol. The fourth-order valence-electron chi connectivity index (χ4n) is 4.40. The molecular weight excluding hydrogens is 426 g/mol. The summed E-state index contributed by atoms with van der Waals surface area (Å²) in [7, 11) is 1.64. The number of allylic oxidation sites excluding steroid dienone is 1. The van der Waals surface area contributed by atoms with E-state index in [1.54, 1.807) is 11.7 Å². The molecule has 3 aromatic rings. The lowest BCUT2D eigenvalue weighted by Crippen LogP contribution is -2.33. The van der Waals surface area contributed by atoms with Crippen molar-refractivity contribution < 1.29 is 9.47 Å². The molecular formula is C28H29N3O3. The van der Waals surface area contributed by atoms with E-state index >= 15 is 0 Å². The van der Waals surface area contributed by atoms with Gasteiger partial charge in [-0.05, 0) is 48.1 Å². The molecule has 0 fully saturated rings. The third kappa shape index (κ3) is 4.29. The van der Waals surface area contributed by atoms with Crippen molar-refractivity contribution >= 4 is 0 Å². The Morgan fingerprint density at radius 3 is 2.41 bits per heavy atom. The van der Waals surface area contributed by atoms with Crippen LogP contribution in [-0.4, -0.2) is 11.7 Å². The van der Waals surface area contributed by atoms with Crippen LogP contribution in [0.15, 0.2) is 70.8 Å². The molecule has 174 valence electrons. The first kappa shape index (κ1) is 23.2. The highest BCUT2D eigenvalue weighted by Crippen LogP contribution is 2.40. The third-order valence-electron chi connectivity index (χ3n) is 6.41. The largest absolute Gasteiger partial charge is 0.497 e. The summed E-state index contributed by atoms with van der Waals surface area (Å²) in [5.41, 5.74) is 10.6. The maximum Gasteiger partial charge on any atom is 0.258 e. The number of fused-ring (bicyclic) bond motifs is 1. The van der Waals surface area contributed by atoms with Crippen LogP contribution in [0.25, 0.3) is 0 Å². The van der Waals surface area contributed by atoms with Crippen LogP contribution in [-0.2, 0) is 13.0 Å². The van der Waals surface area contributed by atoms with Crippen LogP contribution in [0.2, 0.25) is 0 Å². The predicted octanol–water partition coefficient (Wildman–Crippen LogP) is 4.75. The Labute approximate surface area is 199 Å². The Hall–Kier alpha value is -3.98. The number of methoxy groups -OCH3 is 1. The van der Waals surface area contributed by atoms with Gasteiger partial charge in [0.25, 0.3) is 5.56 Å². The van der Waals surface area contributed by atoms with Gasteiger partial charge in [0.2, 0.25) is 5.88 Å². The topological polar surface area (TPSA) is 90.3 Å². The van der Waals surface area contributed by atoms with Gasteiger partial charge in [-0.25, -0.2) is 0 Å². The Bertz CT molecular complexity index is 1330. The summed E-state index contributed by atoms with van der Waals surface area (Å²) in [5.74, 6) is 1.06. The number of nitrogens with two attached hydrogens (primary N) is 1. The average molecular weight is 456 g/mol. The SMILES string of the molecule is COc1ccc(CCn2c(C)cc3c(c2=O)C(c2ccc(C(C)C)cc2)C(C#N)=C(N)O3)cc1. The molecule has 34 heavy (non-hydrogen) atoms. The molecule has 1 atom stereocenters. The van der Waals surface area contributed by atoms with E-state index in [9.17, 15) is 10.1 Å². The monoisotopic (exact) mass is 455 g/mol. The van der Waals surface area contributed by atoms with Crippen LogP contribution in [0.5, 0.6) is 11.5 Å². The minimum absolute atomic E-state index is 0.0442. The fourth-order valence-corrected chi connectivity index (χ4v) is 4.40. The zero-order chi connectivity index (χ0) is 24.4. The van der Waals surface area contributed by atoms with Gasteiger partial charge in [0.15, 0.2) is 0 Å². The zero-order valence-electron chi connectivity index (χ0n) is 20.0. The Kier molecular flexibility index (Phi) is 6.47. The van der Waals surface area contributed by atoms with Crippen molar-refractivity contribution in [3.8, 4) is 17.6 Å². The first-order valence-corrected chi connectivity index (χ1v) is 11.4. The number of rotatable bonds is 6. The van der Waals surface area contributed by atoms with Crippen LogP contribution < -0.4 is 20.8 Å². The summed E-state index contributed by atoms with van der Waals surface area (Å²) in [6.07, 6.45) is 0.682. The molecule has 1 aromatic heterocycles. The molecule has 0 radical (unpaired) electrons. The van der Waals surface area contributed by atoms with Crippen molar-refractivity contribution in [2.45, 2.75) is 45.6 Å². The van der Waals surface area contributed by atoms with E-state index in [1.807, 2.05) is 61.5 Å². The minimum atomic E-state index is -0.574. The van der Waals surface area contributed by atoms with E-state index in [1.165, 1.54) is 5.56 Å². The summed E-state index contributed by atoms with van der Waals surface area (Å²) < 4.78 is 12.7. The Morgan fingerprint density at radius 2 is 1.82 bits per heavy atom. The van der Waals surface area contributed by atoms with Crippen molar-refractivity contribution in [3.05, 3.63) is 104 Å². The van der Waals surface area contributed by atoms with Crippen LogP contribution in [0.4, 0.5) is 0 Å². The number of ether oxygens (including phenoxy) is 2. The molecule has 2 N–H and O–H groups in total. The zero-order valence-corrected chi connectivity index (χ0v) is 20.0. The van der Waals surface area contributed by atoms with Gasteiger partial charge in [-0.2, -0.15) is 5.26 Å². The quantitative estimate of drug-likeness (QED) is 0.579. The van der Waals surface area contributed by atoms with E-state index in [0.717, 1.165) is 22.6 Å². The second kappa shape index (κ2) is 9.48. The molecule has 4 rings (SSSR count). The number of nitriles is 1. The van der Waals surface area contributed by atoms with Crippen molar-refractivity contribution in [1.82, 2.24) is 4.57 Å². The maximum absolute atomic E-state index is 13.8. The summed E-state index contributed by atoms with van der Waals surface area (Å²) in [6, 6.07) is 19.9. The lowest BCUT2D eigenvalue weighted by atomic mass is 9.83. The highest BCUT2D eigenvalue weighted by molar-refractivity contribution is 5.55. The van der Waals surface area contributed by atoms with Gasteiger partial charge < -0.3 is 19.8 Å². The van der Waals surface area contributed by atoms with Gasteiger partial charge in [0, 0.05) is 18.3 Å². The number of nitrogens with zero attached hydrogens (tertiary/aromatic N) is 2. The Balaban J connectivity index is 1.76. The summed E-state index contributed by atoms with van der Waals surface area (Å²) >= 11 is 0. The van der Waals surface area contributed by atoms with E-state index in [-0.39, 0.29) is 17.0 Å². The molecule has 2 aromatic carbocycles. The van der Waals surface area contributed by atoms with Crippen LogP contribution in [0, 0.1) is 18.3 Å². The van der Waals surface area contributed by atoms with Gasteiger partial charge in [0.1, 0.15) is 23.1 Å². The first-order chi connectivity index (χ1) is 16.3. The van der Waals surface area contributed by atoms with Gasteiger partial charge >= 0.3 is 0 Å². The molecule has 6 nitrogen and oxygen atoms in total. The molecule has 0 aliphatic carbocycles. The molecule has 0 spiro atoms. The van der Waals surface area contributed by atoms with Gasteiger partial charge in [-0.3, -0.25) is 4.79 Å². The van der Waals surface area contributed by atoms with Crippen molar-refractivity contribution in [2.75, 3.05) is 7.11 Å². The minimum Gasteiger partial charge on any atom is -0.497 e. The van der Waals surface area contributed by atoms with E-state index in [0.29, 0.717) is 30.2 Å². The second-order valence-corrected chi connectivity index (χ2v) is 8.86. The summed E-state index contributed by atoms with van der Waals surface area (Å²) in [4.78, 5) is 13.8. The van der Waals surface area contributed by atoms with Crippen LogP contribution in [0.1, 0.15) is 53.6 Å². The highest BCUT2D eigenvalue weighted by Gasteiger charge is 2.34. The molecule has 6 heteroatoms. The van der Waals surface area contributed by atoms with Crippen molar-refractivity contribution in [2.24, 2.45) is 5.73 Å². The molecule has 1 unspecified atom stereocenters. The van der Waals surface area contributed by atoms with Crippen LogP contribution >= 0.6 is 0 Å². The van der Waals surface area contributed by atoms with Gasteiger partial charge in [0.05, 0.1) is 18.6 Å². The first-order valence-electron chi connectivity index (χ1n) is 11.4. The number of benzene rings is 2. The van der Waals surface area contributed by atoms with Crippen molar-refractivity contribution in [1.29, 1.82) is 5.26 Å². The number of hydrogen-bond donors (Lipinski definition) is 1. The average Bonchev–Trinajstić information content (AvgIpc) is 2.83. The number of aromatic nitrogens is 1. The molecule has 0 saturated heterocycles. The highest BCUT2D eigenvalue weighted by atomic mass is 16.5. The van der Waals surface area contributed by atoms with Gasteiger partial charge in [-0.15, -0.1) is 0 Å². The molecule has 1 aliphatic rings. The van der Waals surface area contributed by atoms with Crippen molar-refractivity contribution in [3.63, 3.8) is 0 Å². The summed E-state index contributed by atoms with van der Waals surface area (Å²) in [5, 5.41) is 9.88. The maximum atomic E-state index is 13.8. The standard InChI is InChI=1S/C28H29N3O3/c1-17(2)20-7-9-21(10-8-20)25-23(16-29)27(30)34-24-15-18(3)31(28(32)26(24)25)14-13-19-5-11-22(33-4)12-6-19/h5-12,15,17,25H,13-14,30H2,1-4H3. The molecule has 1 aliphatic heterocycles. The number of aryl methyl sites for hydroxylation is 2. The van der Waals surface area contributed by atoms with E-state index in [4.69, 9.17) is 15.2 Å². The fraction of sp³-hybridized carbons (Fsp3) is 0.286.